The minimum atomic E-state index is -1.25. The molecular formula is C11H8F3N3O. The maximum Gasteiger partial charge on any atom is 0.218 e. The van der Waals surface area contributed by atoms with Crippen LogP contribution in [-0.4, -0.2) is 20.8 Å². The first-order chi connectivity index (χ1) is 8.54. The molecule has 94 valence electrons. The van der Waals surface area contributed by atoms with Gasteiger partial charge in [-0.05, 0) is 6.92 Å². The fourth-order valence-electron chi connectivity index (χ4n) is 1.55. The molecule has 0 radical (unpaired) electrons. The quantitative estimate of drug-likeness (QED) is 0.787. The standard InChI is InChI=1S/C11H8F3N3O/c1-2-17-9(5-15-16-17)11(18)10-7(13)3-6(12)4-8(10)14/h3-5H,2H2,1H3. The number of halogens is 3. The molecule has 0 saturated heterocycles. The van der Waals surface area contributed by atoms with Crippen LogP contribution in [0.2, 0.25) is 0 Å². The van der Waals surface area contributed by atoms with Gasteiger partial charge >= 0.3 is 0 Å². The van der Waals surface area contributed by atoms with E-state index in [0.29, 0.717) is 18.7 Å². The molecule has 0 fully saturated rings. The Hall–Kier alpha value is -2.18. The Balaban J connectivity index is 2.53. The summed E-state index contributed by atoms with van der Waals surface area (Å²) in [6, 6.07) is 0.910. The average molecular weight is 255 g/mol. The number of rotatable bonds is 3. The summed E-state index contributed by atoms with van der Waals surface area (Å²) in [5.41, 5.74) is -0.865. The van der Waals surface area contributed by atoms with E-state index < -0.39 is 28.8 Å². The highest BCUT2D eigenvalue weighted by Crippen LogP contribution is 2.18. The molecule has 18 heavy (non-hydrogen) atoms. The van der Waals surface area contributed by atoms with Gasteiger partial charge in [0.2, 0.25) is 5.78 Å². The molecule has 0 spiro atoms. The van der Waals surface area contributed by atoms with Crippen LogP contribution in [0.3, 0.4) is 0 Å². The zero-order valence-electron chi connectivity index (χ0n) is 9.32. The van der Waals surface area contributed by atoms with Gasteiger partial charge in [0, 0.05) is 18.7 Å². The third kappa shape index (κ3) is 1.99. The number of carbonyl (C=O) groups is 1. The zero-order chi connectivity index (χ0) is 13.3. The fourth-order valence-corrected chi connectivity index (χ4v) is 1.55. The molecule has 0 aliphatic rings. The molecule has 0 unspecified atom stereocenters. The third-order valence-electron chi connectivity index (χ3n) is 2.38. The summed E-state index contributed by atoms with van der Waals surface area (Å²) in [5.74, 6) is -4.50. The van der Waals surface area contributed by atoms with Gasteiger partial charge in [0.25, 0.3) is 0 Å². The second kappa shape index (κ2) is 4.59. The molecular weight excluding hydrogens is 247 g/mol. The van der Waals surface area contributed by atoms with Gasteiger partial charge in [-0.25, -0.2) is 17.9 Å². The van der Waals surface area contributed by atoms with Gasteiger partial charge in [-0.3, -0.25) is 4.79 Å². The van der Waals surface area contributed by atoms with Gasteiger partial charge in [-0.2, -0.15) is 0 Å². The van der Waals surface area contributed by atoms with Crippen LogP contribution in [0.1, 0.15) is 23.0 Å². The first kappa shape index (κ1) is 12.3. The van der Waals surface area contributed by atoms with E-state index >= 15 is 0 Å². The van der Waals surface area contributed by atoms with Gasteiger partial charge in [0.1, 0.15) is 23.1 Å². The van der Waals surface area contributed by atoms with Crippen molar-refractivity contribution >= 4 is 5.78 Å². The average Bonchev–Trinajstić information content (AvgIpc) is 2.75. The highest BCUT2D eigenvalue weighted by molar-refractivity contribution is 6.08. The molecule has 1 aromatic heterocycles. The predicted octanol–water partition coefficient (Wildman–Crippen LogP) is 1.95. The smallest absolute Gasteiger partial charge is 0.218 e. The van der Waals surface area contributed by atoms with Crippen LogP contribution in [0.15, 0.2) is 18.3 Å². The van der Waals surface area contributed by atoms with Crippen LogP contribution in [-0.2, 0) is 6.54 Å². The van der Waals surface area contributed by atoms with Crippen molar-refractivity contribution in [2.45, 2.75) is 13.5 Å². The van der Waals surface area contributed by atoms with E-state index in [0.717, 1.165) is 6.20 Å². The molecule has 2 aromatic rings. The van der Waals surface area contributed by atoms with E-state index in [1.54, 1.807) is 6.92 Å². The Morgan fingerprint density at radius 3 is 2.44 bits per heavy atom. The molecule has 4 nitrogen and oxygen atoms in total. The Kier molecular flexibility index (Phi) is 3.14. The maximum absolute atomic E-state index is 13.4. The highest BCUT2D eigenvalue weighted by atomic mass is 19.1. The molecule has 0 N–H and O–H groups in total. The van der Waals surface area contributed by atoms with Gasteiger partial charge in [-0.1, -0.05) is 5.21 Å². The minimum Gasteiger partial charge on any atom is -0.287 e. The molecule has 0 aliphatic carbocycles. The van der Waals surface area contributed by atoms with Crippen molar-refractivity contribution in [2.75, 3.05) is 0 Å². The van der Waals surface area contributed by atoms with E-state index in [9.17, 15) is 18.0 Å². The summed E-state index contributed by atoms with van der Waals surface area (Å²) >= 11 is 0. The van der Waals surface area contributed by atoms with Gasteiger partial charge in [0.05, 0.1) is 11.8 Å². The molecule has 7 heteroatoms. The molecule has 0 bridgehead atoms. The van der Waals surface area contributed by atoms with E-state index in [1.165, 1.54) is 4.68 Å². The van der Waals surface area contributed by atoms with Gasteiger partial charge < -0.3 is 0 Å². The van der Waals surface area contributed by atoms with Crippen LogP contribution >= 0.6 is 0 Å². The Bertz CT molecular complexity index is 586. The van der Waals surface area contributed by atoms with Crippen molar-refractivity contribution in [3.8, 4) is 0 Å². The summed E-state index contributed by atoms with van der Waals surface area (Å²) in [7, 11) is 0. The van der Waals surface area contributed by atoms with E-state index in [-0.39, 0.29) is 5.69 Å². The normalized spacial score (nSPS) is 10.7. The first-order valence-electron chi connectivity index (χ1n) is 5.12. The van der Waals surface area contributed by atoms with Crippen molar-refractivity contribution in [1.82, 2.24) is 15.0 Å². The lowest BCUT2D eigenvalue weighted by atomic mass is 10.1. The molecule has 0 amide bonds. The lowest BCUT2D eigenvalue weighted by molar-refractivity contribution is 0.102. The SMILES string of the molecule is CCn1nncc1C(=O)c1c(F)cc(F)cc1F. The molecule has 0 aliphatic heterocycles. The molecule has 0 atom stereocenters. The van der Waals surface area contributed by atoms with Crippen LogP contribution in [0.5, 0.6) is 0 Å². The monoisotopic (exact) mass is 255 g/mol. The number of hydrogen-bond acceptors (Lipinski definition) is 3. The van der Waals surface area contributed by atoms with Crippen molar-refractivity contribution in [3.63, 3.8) is 0 Å². The van der Waals surface area contributed by atoms with E-state index in [4.69, 9.17) is 0 Å². The number of aryl methyl sites for hydroxylation is 1. The lowest BCUT2D eigenvalue weighted by Crippen LogP contribution is -2.14. The Morgan fingerprint density at radius 2 is 1.89 bits per heavy atom. The lowest BCUT2D eigenvalue weighted by Gasteiger charge is -2.05. The van der Waals surface area contributed by atoms with Gasteiger partial charge in [0.15, 0.2) is 0 Å². The second-order valence-corrected chi connectivity index (χ2v) is 3.51. The van der Waals surface area contributed by atoms with Crippen molar-refractivity contribution < 1.29 is 18.0 Å². The maximum atomic E-state index is 13.4. The Labute approximate surface area is 100 Å². The number of ketones is 1. The largest absolute Gasteiger partial charge is 0.287 e. The van der Waals surface area contributed by atoms with E-state index in [2.05, 4.69) is 10.3 Å². The van der Waals surface area contributed by atoms with Crippen LogP contribution in [0.25, 0.3) is 0 Å². The summed E-state index contributed by atoms with van der Waals surface area (Å²) in [6.45, 7) is 2.02. The van der Waals surface area contributed by atoms with E-state index in [1.807, 2.05) is 0 Å². The molecule has 1 aromatic carbocycles. The van der Waals surface area contributed by atoms with Gasteiger partial charge in [-0.15, -0.1) is 5.10 Å². The predicted molar refractivity (Wildman–Crippen MR) is 55.4 cm³/mol. The first-order valence-corrected chi connectivity index (χ1v) is 5.12. The second-order valence-electron chi connectivity index (χ2n) is 3.51. The molecule has 0 saturated carbocycles. The summed E-state index contributed by atoms with van der Waals surface area (Å²) < 4.78 is 40.8. The minimum absolute atomic E-state index is 0.0538. The third-order valence-corrected chi connectivity index (χ3v) is 2.38. The number of nitrogens with zero attached hydrogens (tertiary/aromatic N) is 3. The van der Waals surface area contributed by atoms with Crippen molar-refractivity contribution in [2.24, 2.45) is 0 Å². The topological polar surface area (TPSA) is 47.8 Å². The number of benzene rings is 1. The summed E-state index contributed by atoms with van der Waals surface area (Å²) in [6.07, 6.45) is 1.11. The number of aromatic nitrogens is 3. The molecule has 1 heterocycles. The van der Waals surface area contributed by atoms with Crippen molar-refractivity contribution in [3.05, 3.63) is 47.0 Å². The Morgan fingerprint density at radius 1 is 1.28 bits per heavy atom. The highest BCUT2D eigenvalue weighted by Gasteiger charge is 2.23. The van der Waals surface area contributed by atoms with Crippen LogP contribution in [0, 0.1) is 17.5 Å². The summed E-state index contributed by atoms with van der Waals surface area (Å²) in [4.78, 5) is 11.9. The fraction of sp³-hybridized carbons (Fsp3) is 0.182. The van der Waals surface area contributed by atoms with Crippen LogP contribution < -0.4 is 0 Å². The summed E-state index contributed by atoms with van der Waals surface area (Å²) in [5, 5.41) is 7.07. The number of carbonyl (C=O) groups excluding carboxylic acids is 1. The molecule has 2 rings (SSSR count). The van der Waals surface area contributed by atoms with Crippen LogP contribution in [0.4, 0.5) is 13.2 Å². The van der Waals surface area contributed by atoms with Crippen molar-refractivity contribution in [1.29, 1.82) is 0 Å². The number of hydrogen-bond donors (Lipinski definition) is 0. The zero-order valence-corrected chi connectivity index (χ0v) is 9.32.